The molecule has 3 aromatic carbocycles. The van der Waals surface area contributed by atoms with Crippen LogP contribution in [-0.2, 0) is 22.7 Å². The third-order valence-corrected chi connectivity index (χ3v) is 5.33. The minimum absolute atomic E-state index is 0.111. The number of carbonyl (C=O) groups is 3. The van der Waals surface area contributed by atoms with Gasteiger partial charge in [-0.3, -0.25) is 9.59 Å². The quantitative estimate of drug-likeness (QED) is 0.470. The minimum Gasteiger partial charge on any atom is -0.474 e. The molecule has 0 unspecified atom stereocenters. The normalized spacial score (nSPS) is 10.5. The van der Waals surface area contributed by atoms with E-state index in [-0.39, 0.29) is 19.0 Å². The molecular formula is C26H25ClN2O4. The van der Waals surface area contributed by atoms with Crippen LogP contribution >= 0.6 is 11.6 Å². The molecular weight excluding hydrogens is 440 g/mol. The molecule has 0 saturated carbocycles. The summed E-state index contributed by atoms with van der Waals surface area (Å²) in [5.74, 6) is -2.58. The number of halogens is 1. The summed E-state index contributed by atoms with van der Waals surface area (Å²) < 4.78 is 0. The highest BCUT2D eigenvalue weighted by molar-refractivity contribution is 6.31. The van der Waals surface area contributed by atoms with E-state index in [9.17, 15) is 19.5 Å². The number of aliphatic carboxylic acids is 1. The minimum atomic E-state index is -1.50. The number of carboxylic acid groups (broad SMARTS) is 1. The van der Waals surface area contributed by atoms with E-state index in [1.165, 1.54) is 4.90 Å². The van der Waals surface area contributed by atoms with Crippen molar-refractivity contribution < 1.29 is 19.5 Å². The van der Waals surface area contributed by atoms with Crippen molar-refractivity contribution in [3.8, 4) is 11.1 Å². The van der Waals surface area contributed by atoms with E-state index in [1.807, 2.05) is 49.4 Å². The highest BCUT2D eigenvalue weighted by atomic mass is 35.5. The van der Waals surface area contributed by atoms with E-state index in [2.05, 4.69) is 5.32 Å². The van der Waals surface area contributed by atoms with Gasteiger partial charge in [-0.15, -0.1) is 0 Å². The Bertz CT molecular complexity index is 1130. The Morgan fingerprint density at radius 3 is 2.06 bits per heavy atom. The zero-order valence-electron chi connectivity index (χ0n) is 18.3. The van der Waals surface area contributed by atoms with Gasteiger partial charge < -0.3 is 15.3 Å². The van der Waals surface area contributed by atoms with Gasteiger partial charge >= 0.3 is 11.9 Å². The van der Waals surface area contributed by atoms with Crippen molar-refractivity contribution in [1.82, 2.24) is 10.2 Å². The van der Waals surface area contributed by atoms with Crippen LogP contribution in [0.2, 0.25) is 5.02 Å². The predicted molar refractivity (Wildman–Crippen MR) is 128 cm³/mol. The van der Waals surface area contributed by atoms with Gasteiger partial charge in [-0.2, -0.15) is 0 Å². The van der Waals surface area contributed by atoms with Gasteiger partial charge in [0.1, 0.15) is 0 Å². The summed E-state index contributed by atoms with van der Waals surface area (Å²) in [6.45, 7) is 2.92. The summed E-state index contributed by atoms with van der Waals surface area (Å²) in [6, 6.07) is 21.8. The van der Waals surface area contributed by atoms with Crippen molar-refractivity contribution in [3.05, 3.63) is 94.5 Å². The van der Waals surface area contributed by atoms with Crippen LogP contribution in [0, 0.1) is 0 Å². The second-order valence-electron chi connectivity index (χ2n) is 7.63. The van der Waals surface area contributed by atoms with E-state index in [0.717, 1.165) is 28.7 Å². The second-order valence-corrected chi connectivity index (χ2v) is 8.06. The Morgan fingerprint density at radius 2 is 1.48 bits per heavy atom. The molecule has 2 N–H and O–H groups in total. The van der Waals surface area contributed by atoms with E-state index in [0.29, 0.717) is 17.1 Å². The highest BCUT2D eigenvalue weighted by Gasteiger charge is 2.21. The van der Waals surface area contributed by atoms with Crippen LogP contribution in [0.1, 0.15) is 34.8 Å². The summed E-state index contributed by atoms with van der Waals surface area (Å²) in [4.78, 5) is 37.1. The average molecular weight is 465 g/mol. The van der Waals surface area contributed by atoms with Crippen molar-refractivity contribution in [1.29, 1.82) is 0 Å². The lowest BCUT2D eigenvalue weighted by molar-refractivity contribution is -0.156. The Labute approximate surface area is 197 Å². The maximum absolute atomic E-state index is 12.2. The Balaban J connectivity index is 1.76. The Hall–Kier alpha value is -3.64. The van der Waals surface area contributed by atoms with Gasteiger partial charge in [-0.25, -0.2) is 4.79 Å². The number of nitrogens with zero attached hydrogens (tertiary/aromatic N) is 1. The first kappa shape index (κ1) is 24.0. The number of benzene rings is 3. The standard InChI is InChI=1S/C26H25ClN2O4/c1-2-14-28-24(30)22-5-3-4-21(15-22)20-10-6-18(7-11-20)16-29(25(31)26(32)33)17-19-8-12-23(27)13-9-19/h3-13,15H,2,14,16-17H2,1H3,(H,28,30)(H,32,33). The van der Waals surface area contributed by atoms with Gasteiger partial charge in [0.25, 0.3) is 5.91 Å². The number of hydrogen-bond acceptors (Lipinski definition) is 3. The van der Waals surface area contributed by atoms with Crippen LogP contribution in [0.4, 0.5) is 0 Å². The third kappa shape index (κ3) is 6.67. The van der Waals surface area contributed by atoms with Crippen LogP contribution in [0.5, 0.6) is 0 Å². The lowest BCUT2D eigenvalue weighted by atomic mass is 10.0. The summed E-state index contributed by atoms with van der Waals surface area (Å²) in [5.41, 5.74) is 3.97. The predicted octanol–water partition coefficient (Wildman–Crippen LogP) is 4.76. The van der Waals surface area contributed by atoms with Crippen molar-refractivity contribution in [2.24, 2.45) is 0 Å². The summed E-state index contributed by atoms with van der Waals surface area (Å²) in [7, 11) is 0. The molecule has 0 aromatic heterocycles. The number of carbonyl (C=O) groups excluding carboxylic acids is 2. The van der Waals surface area contributed by atoms with Gasteiger partial charge in [-0.05, 0) is 52.9 Å². The van der Waals surface area contributed by atoms with Gasteiger partial charge in [0.2, 0.25) is 0 Å². The molecule has 3 rings (SSSR count). The fourth-order valence-corrected chi connectivity index (χ4v) is 3.47. The van der Waals surface area contributed by atoms with Gasteiger partial charge in [0.15, 0.2) is 0 Å². The molecule has 0 aliphatic carbocycles. The van der Waals surface area contributed by atoms with Crippen molar-refractivity contribution in [3.63, 3.8) is 0 Å². The summed E-state index contributed by atoms with van der Waals surface area (Å²) in [6.07, 6.45) is 0.867. The largest absolute Gasteiger partial charge is 0.474 e. The zero-order valence-corrected chi connectivity index (χ0v) is 19.0. The van der Waals surface area contributed by atoms with Crippen molar-refractivity contribution in [2.75, 3.05) is 6.54 Å². The Kier molecular flexibility index (Phi) is 8.22. The smallest absolute Gasteiger partial charge is 0.394 e. The monoisotopic (exact) mass is 464 g/mol. The molecule has 33 heavy (non-hydrogen) atoms. The first-order valence-electron chi connectivity index (χ1n) is 10.6. The lowest BCUT2D eigenvalue weighted by Gasteiger charge is -2.21. The second kappa shape index (κ2) is 11.3. The van der Waals surface area contributed by atoms with Crippen LogP contribution < -0.4 is 5.32 Å². The summed E-state index contributed by atoms with van der Waals surface area (Å²) in [5, 5.41) is 12.7. The summed E-state index contributed by atoms with van der Waals surface area (Å²) >= 11 is 5.91. The number of amides is 2. The fourth-order valence-electron chi connectivity index (χ4n) is 3.35. The molecule has 0 atom stereocenters. The SMILES string of the molecule is CCCNC(=O)c1cccc(-c2ccc(CN(Cc3ccc(Cl)cc3)C(=O)C(=O)O)cc2)c1. The van der Waals surface area contributed by atoms with E-state index in [4.69, 9.17) is 11.6 Å². The van der Waals surface area contributed by atoms with Crippen LogP contribution in [0.3, 0.4) is 0 Å². The van der Waals surface area contributed by atoms with Crippen molar-refractivity contribution >= 4 is 29.4 Å². The molecule has 0 radical (unpaired) electrons. The maximum Gasteiger partial charge on any atom is 0.394 e. The zero-order chi connectivity index (χ0) is 23.8. The average Bonchev–Trinajstić information content (AvgIpc) is 2.83. The molecule has 0 fully saturated rings. The van der Waals surface area contributed by atoms with Crippen molar-refractivity contribution in [2.45, 2.75) is 26.4 Å². The maximum atomic E-state index is 12.2. The van der Waals surface area contributed by atoms with Crippen LogP contribution in [-0.4, -0.2) is 34.3 Å². The Morgan fingerprint density at radius 1 is 0.879 bits per heavy atom. The molecule has 0 aliphatic rings. The molecule has 3 aromatic rings. The highest BCUT2D eigenvalue weighted by Crippen LogP contribution is 2.22. The molecule has 2 amide bonds. The molecule has 6 nitrogen and oxygen atoms in total. The van der Waals surface area contributed by atoms with Gasteiger partial charge in [0.05, 0.1) is 0 Å². The molecule has 0 heterocycles. The molecule has 170 valence electrons. The molecule has 0 aliphatic heterocycles. The van der Waals surface area contributed by atoms with E-state index >= 15 is 0 Å². The van der Waals surface area contributed by atoms with Gasteiger partial charge in [-0.1, -0.05) is 67.1 Å². The number of nitrogens with one attached hydrogen (secondary N) is 1. The van der Waals surface area contributed by atoms with Gasteiger partial charge in [0, 0.05) is 30.2 Å². The van der Waals surface area contributed by atoms with Crippen LogP contribution in [0.15, 0.2) is 72.8 Å². The van der Waals surface area contributed by atoms with Crippen LogP contribution in [0.25, 0.3) is 11.1 Å². The first-order chi connectivity index (χ1) is 15.9. The molecule has 0 saturated heterocycles. The lowest BCUT2D eigenvalue weighted by Crippen LogP contribution is -2.35. The first-order valence-corrected chi connectivity index (χ1v) is 11.0. The molecule has 7 heteroatoms. The van der Waals surface area contributed by atoms with E-state index < -0.39 is 11.9 Å². The topological polar surface area (TPSA) is 86.7 Å². The molecule has 0 bridgehead atoms. The molecule has 0 spiro atoms. The number of hydrogen-bond donors (Lipinski definition) is 2. The number of rotatable bonds is 8. The van der Waals surface area contributed by atoms with E-state index in [1.54, 1.807) is 30.3 Å². The third-order valence-electron chi connectivity index (χ3n) is 5.08. The fraction of sp³-hybridized carbons (Fsp3) is 0.192. The number of carboxylic acids is 1.